The summed E-state index contributed by atoms with van der Waals surface area (Å²) in [4.78, 5) is 0. The van der Waals surface area contributed by atoms with Gasteiger partial charge in [-0.15, -0.1) is 0 Å². The van der Waals surface area contributed by atoms with Crippen LogP contribution in [0, 0.1) is 10.8 Å². The van der Waals surface area contributed by atoms with Crippen molar-refractivity contribution in [3.05, 3.63) is 36.0 Å². The molecular formula is C16H27N. The molecule has 1 atom stereocenters. The summed E-state index contributed by atoms with van der Waals surface area (Å²) in [5, 5.41) is 0. The molecule has 0 heterocycles. The van der Waals surface area contributed by atoms with E-state index in [1.807, 2.05) is 0 Å². The quantitative estimate of drug-likeness (QED) is 0.710. The number of allylic oxidation sites excluding steroid dienone is 6. The molecule has 0 aliphatic heterocycles. The zero-order valence-corrected chi connectivity index (χ0v) is 12.2. The highest BCUT2D eigenvalue weighted by molar-refractivity contribution is 5.26. The maximum Gasteiger partial charge on any atom is 0.0160 e. The topological polar surface area (TPSA) is 26.0 Å². The van der Waals surface area contributed by atoms with E-state index in [0.29, 0.717) is 0 Å². The van der Waals surface area contributed by atoms with E-state index in [1.54, 1.807) is 0 Å². The Morgan fingerprint density at radius 2 is 1.76 bits per heavy atom. The van der Waals surface area contributed by atoms with Gasteiger partial charge in [0.1, 0.15) is 0 Å². The van der Waals surface area contributed by atoms with Gasteiger partial charge in [0, 0.05) is 11.0 Å². The summed E-state index contributed by atoms with van der Waals surface area (Å²) in [5.41, 5.74) is 7.51. The highest BCUT2D eigenvalue weighted by atomic mass is 14.8. The van der Waals surface area contributed by atoms with Crippen molar-refractivity contribution >= 4 is 0 Å². The molecule has 0 bridgehead atoms. The Morgan fingerprint density at radius 3 is 2.29 bits per heavy atom. The first-order valence-electron chi connectivity index (χ1n) is 6.42. The Morgan fingerprint density at radius 1 is 1.18 bits per heavy atom. The summed E-state index contributed by atoms with van der Waals surface area (Å²) >= 11 is 0. The molecule has 1 nitrogen and oxygen atoms in total. The third-order valence-corrected chi connectivity index (χ3v) is 4.68. The standard InChI is InChI=1S/C16H27N/c1-13-9-7-11-16(6,12-8-10-13)14(2,3)15(4,5)17/h7-9,11-12H,10,17H2,1-6H3/b11-7-,12-8-,13-9?. The second-order valence-corrected chi connectivity index (χ2v) is 6.61. The minimum Gasteiger partial charge on any atom is -0.325 e. The molecule has 2 N–H and O–H groups in total. The van der Waals surface area contributed by atoms with Crippen molar-refractivity contribution in [3.63, 3.8) is 0 Å². The number of rotatable bonds is 2. The lowest BCUT2D eigenvalue weighted by Gasteiger charge is -2.49. The predicted molar refractivity (Wildman–Crippen MR) is 76.8 cm³/mol. The van der Waals surface area contributed by atoms with Crippen LogP contribution in [0.5, 0.6) is 0 Å². The van der Waals surface area contributed by atoms with Gasteiger partial charge in [0.05, 0.1) is 0 Å². The second kappa shape index (κ2) is 4.45. The summed E-state index contributed by atoms with van der Waals surface area (Å²) in [5.74, 6) is 0. The lowest BCUT2D eigenvalue weighted by Crippen LogP contribution is -2.54. The molecule has 1 aliphatic rings. The van der Waals surface area contributed by atoms with Crippen molar-refractivity contribution in [2.24, 2.45) is 16.6 Å². The fraction of sp³-hybridized carbons (Fsp3) is 0.625. The molecule has 17 heavy (non-hydrogen) atoms. The molecule has 1 aliphatic carbocycles. The molecule has 1 unspecified atom stereocenters. The second-order valence-electron chi connectivity index (χ2n) is 6.61. The van der Waals surface area contributed by atoms with Crippen LogP contribution in [-0.4, -0.2) is 5.54 Å². The number of hydrogen-bond donors (Lipinski definition) is 1. The van der Waals surface area contributed by atoms with E-state index >= 15 is 0 Å². The molecule has 0 fully saturated rings. The molecule has 0 amide bonds. The van der Waals surface area contributed by atoms with Gasteiger partial charge in [-0.2, -0.15) is 0 Å². The average molecular weight is 233 g/mol. The normalized spacial score (nSPS) is 30.2. The molecule has 1 heteroatoms. The van der Waals surface area contributed by atoms with E-state index in [1.165, 1.54) is 5.57 Å². The first-order valence-corrected chi connectivity index (χ1v) is 6.42. The lowest BCUT2D eigenvalue weighted by molar-refractivity contribution is 0.0960. The number of nitrogens with two attached hydrogens (primary N) is 1. The summed E-state index contributed by atoms with van der Waals surface area (Å²) < 4.78 is 0. The first-order chi connectivity index (χ1) is 7.60. The van der Waals surface area contributed by atoms with Crippen LogP contribution in [0.2, 0.25) is 0 Å². The summed E-state index contributed by atoms with van der Waals surface area (Å²) in [6.45, 7) is 13.2. The van der Waals surface area contributed by atoms with Gasteiger partial charge < -0.3 is 5.73 Å². The SMILES string of the molecule is CC1=C/C=C\C(C)(C(C)(C)C(C)(C)N)/C=C\C1. The van der Waals surface area contributed by atoms with Gasteiger partial charge in [-0.05, 0) is 32.6 Å². The minimum absolute atomic E-state index is 0.00785. The van der Waals surface area contributed by atoms with Crippen LogP contribution < -0.4 is 5.73 Å². The van der Waals surface area contributed by atoms with Crippen LogP contribution in [-0.2, 0) is 0 Å². The molecule has 1 rings (SSSR count). The Bertz CT molecular complexity index is 363. The van der Waals surface area contributed by atoms with Crippen LogP contribution >= 0.6 is 0 Å². The fourth-order valence-corrected chi connectivity index (χ4v) is 2.14. The van der Waals surface area contributed by atoms with Gasteiger partial charge in [-0.25, -0.2) is 0 Å². The third kappa shape index (κ3) is 2.71. The van der Waals surface area contributed by atoms with Gasteiger partial charge in [-0.3, -0.25) is 0 Å². The van der Waals surface area contributed by atoms with Crippen LogP contribution in [0.25, 0.3) is 0 Å². The molecule has 0 aromatic carbocycles. The average Bonchev–Trinajstić information content (AvgIpc) is 2.13. The van der Waals surface area contributed by atoms with Crippen LogP contribution in [0.4, 0.5) is 0 Å². The third-order valence-electron chi connectivity index (χ3n) is 4.68. The van der Waals surface area contributed by atoms with Crippen LogP contribution in [0.3, 0.4) is 0 Å². The van der Waals surface area contributed by atoms with E-state index in [4.69, 9.17) is 5.73 Å². The maximum absolute atomic E-state index is 6.36. The van der Waals surface area contributed by atoms with E-state index < -0.39 is 0 Å². The lowest BCUT2D eigenvalue weighted by atomic mass is 9.57. The Labute approximate surface area is 106 Å². The highest BCUT2D eigenvalue weighted by Crippen LogP contribution is 2.48. The Kier molecular flexibility index (Phi) is 3.73. The summed E-state index contributed by atoms with van der Waals surface area (Å²) in [6.07, 6.45) is 12.3. The van der Waals surface area contributed by atoms with Crippen molar-refractivity contribution in [1.29, 1.82) is 0 Å². The monoisotopic (exact) mass is 233 g/mol. The van der Waals surface area contributed by atoms with Gasteiger partial charge in [0.25, 0.3) is 0 Å². The Balaban J connectivity index is 3.19. The van der Waals surface area contributed by atoms with Gasteiger partial charge >= 0.3 is 0 Å². The zero-order chi connectivity index (χ0) is 13.3. The maximum atomic E-state index is 6.36. The molecule has 96 valence electrons. The molecule has 0 aromatic rings. The molecule has 0 aromatic heterocycles. The zero-order valence-electron chi connectivity index (χ0n) is 12.2. The van der Waals surface area contributed by atoms with Crippen LogP contribution in [0.15, 0.2) is 36.0 Å². The van der Waals surface area contributed by atoms with E-state index in [-0.39, 0.29) is 16.4 Å². The molecule has 0 saturated carbocycles. The van der Waals surface area contributed by atoms with Crippen LogP contribution in [0.1, 0.15) is 48.0 Å². The smallest absolute Gasteiger partial charge is 0.0160 e. The molecule has 0 radical (unpaired) electrons. The van der Waals surface area contributed by atoms with Gasteiger partial charge in [0.2, 0.25) is 0 Å². The predicted octanol–water partition coefficient (Wildman–Crippen LogP) is 4.22. The van der Waals surface area contributed by atoms with E-state index in [2.05, 4.69) is 71.9 Å². The fourth-order valence-electron chi connectivity index (χ4n) is 2.14. The molecule has 0 spiro atoms. The van der Waals surface area contributed by atoms with Crippen molar-refractivity contribution in [3.8, 4) is 0 Å². The van der Waals surface area contributed by atoms with E-state index in [9.17, 15) is 0 Å². The van der Waals surface area contributed by atoms with Crippen molar-refractivity contribution in [2.45, 2.75) is 53.5 Å². The molecule has 0 saturated heterocycles. The minimum atomic E-state index is -0.228. The van der Waals surface area contributed by atoms with Gasteiger partial charge in [0.15, 0.2) is 0 Å². The van der Waals surface area contributed by atoms with Gasteiger partial charge in [-0.1, -0.05) is 56.7 Å². The number of hydrogen-bond acceptors (Lipinski definition) is 1. The van der Waals surface area contributed by atoms with Crippen molar-refractivity contribution < 1.29 is 0 Å². The molecular weight excluding hydrogens is 206 g/mol. The van der Waals surface area contributed by atoms with E-state index in [0.717, 1.165) is 6.42 Å². The summed E-state index contributed by atoms with van der Waals surface area (Å²) in [6, 6.07) is 0. The largest absolute Gasteiger partial charge is 0.325 e. The van der Waals surface area contributed by atoms with Crippen molar-refractivity contribution in [2.75, 3.05) is 0 Å². The first kappa shape index (κ1) is 14.2. The summed E-state index contributed by atoms with van der Waals surface area (Å²) in [7, 11) is 0. The Hall–Kier alpha value is -0.820. The van der Waals surface area contributed by atoms with Crippen molar-refractivity contribution in [1.82, 2.24) is 0 Å². The highest BCUT2D eigenvalue weighted by Gasteiger charge is 2.45.